The van der Waals surface area contributed by atoms with Crippen LogP contribution < -0.4 is 10.6 Å². The molecule has 1 aromatic carbocycles. The van der Waals surface area contributed by atoms with E-state index in [1.54, 1.807) is 24.3 Å². The highest BCUT2D eigenvalue weighted by atomic mass is 16.5. The molecular weight excluding hydrogens is 332 g/mol. The summed E-state index contributed by atoms with van der Waals surface area (Å²) in [4.78, 5) is 36.0. The van der Waals surface area contributed by atoms with Gasteiger partial charge < -0.3 is 15.4 Å². The van der Waals surface area contributed by atoms with Gasteiger partial charge in [-0.15, -0.1) is 0 Å². The number of rotatable bonds is 6. The zero-order valence-electron chi connectivity index (χ0n) is 15.7. The van der Waals surface area contributed by atoms with Crippen molar-refractivity contribution in [2.45, 2.75) is 39.5 Å². The fourth-order valence-corrected chi connectivity index (χ4v) is 3.12. The van der Waals surface area contributed by atoms with Gasteiger partial charge in [-0.1, -0.05) is 13.8 Å². The maximum Gasteiger partial charge on any atom is 0.337 e. The lowest BCUT2D eigenvalue weighted by Gasteiger charge is -2.27. The Morgan fingerprint density at radius 2 is 1.54 bits per heavy atom. The van der Waals surface area contributed by atoms with Crippen molar-refractivity contribution < 1.29 is 19.1 Å². The zero-order chi connectivity index (χ0) is 19.1. The highest BCUT2D eigenvalue weighted by molar-refractivity contribution is 5.94. The van der Waals surface area contributed by atoms with Crippen LogP contribution in [0.1, 0.15) is 49.9 Å². The summed E-state index contributed by atoms with van der Waals surface area (Å²) < 4.78 is 4.65. The molecule has 0 aliphatic heterocycles. The van der Waals surface area contributed by atoms with E-state index in [1.165, 1.54) is 7.11 Å². The molecule has 1 aliphatic rings. The molecule has 0 atom stereocenters. The van der Waals surface area contributed by atoms with Crippen LogP contribution in [0.5, 0.6) is 0 Å². The Labute approximate surface area is 154 Å². The van der Waals surface area contributed by atoms with Crippen LogP contribution >= 0.6 is 0 Å². The number of carbonyl (C=O) groups excluding carboxylic acids is 3. The molecule has 2 N–H and O–H groups in total. The van der Waals surface area contributed by atoms with Gasteiger partial charge in [0.1, 0.15) is 0 Å². The molecule has 6 nitrogen and oxygen atoms in total. The number of ether oxygens (including phenoxy) is 1. The number of hydrogen-bond donors (Lipinski definition) is 2. The maximum absolute atomic E-state index is 12.4. The molecule has 2 amide bonds. The average molecular weight is 360 g/mol. The van der Waals surface area contributed by atoms with E-state index in [2.05, 4.69) is 29.2 Å². The monoisotopic (exact) mass is 360 g/mol. The van der Waals surface area contributed by atoms with Crippen molar-refractivity contribution in [1.82, 2.24) is 5.32 Å². The molecule has 0 radical (unpaired) electrons. The summed E-state index contributed by atoms with van der Waals surface area (Å²) in [6.45, 7) is 4.83. The van der Waals surface area contributed by atoms with Crippen molar-refractivity contribution in [2.24, 2.45) is 17.8 Å². The molecule has 0 aromatic heterocycles. The van der Waals surface area contributed by atoms with Crippen LogP contribution in [0, 0.1) is 17.8 Å². The predicted octanol–water partition coefficient (Wildman–Crippen LogP) is 2.99. The number of esters is 1. The molecule has 0 bridgehead atoms. The minimum Gasteiger partial charge on any atom is -0.465 e. The van der Waals surface area contributed by atoms with E-state index in [1.807, 2.05) is 0 Å². The van der Waals surface area contributed by atoms with Crippen LogP contribution in [0.25, 0.3) is 0 Å². The summed E-state index contributed by atoms with van der Waals surface area (Å²) in [5, 5.41) is 5.87. The third-order valence-corrected chi connectivity index (χ3v) is 4.73. The first-order chi connectivity index (χ1) is 12.4. The van der Waals surface area contributed by atoms with Gasteiger partial charge in [-0.3, -0.25) is 9.59 Å². The van der Waals surface area contributed by atoms with Gasteiger partial charge in [0.15, 0.2) is 0 Å². The maximum atomic E-state index is 12.4. The molecular formula is C20H28N2O4. The first-order valence-corrected chi connectivity index (χ1v) is 9.17. The summed E-state index contributed by atoms with van der Waals surface area (Å²) in [5.41, 5.74) is 1.10. The third kappa shape index (κ3) is 5.58. The highest BCUT2D eigenvalue weighted by Gasteiger charge is 2.29. The van der Waals surface area contributed by atoms with Crippen molar-refractivity contribution in [3.05, 3.63) is 29.8 Å². The summed E-state index contributed by atoms with van der Waals surface area (Å²) in [6.07, 6.45) is 2.91. The predicted molar refractivity (Wildman–Crippen MR) is 99.7 cm³/mol. The lowest BCUT2D eigenvalue weighted by Crippen LogP contribution is -2.37. The zero-order valence-corrected chi connectivity index (χ0v) is 15.7. The van der Waals surface area contributed by atoms with E-state index >= 15 is 0 Å². The molecule has 0 unspecified atom stereocenters. The van der Waals surface area contributed by atoms with Crippen molar-refractivity contribution >= 4 is 23.5 Å². The second-order valence-corrected chi connectivity index (χ2v) is 7.25. The van der Waals surface area contributed by atoms with Crippen LogP contribution in [-0.2, 0) is 14.3 Å². The number of hydrogen-bond acceptors (Lipinski definition) is 4. The SMILES string of the molecule is COC(=O)c1ccc(NC(=O)C2CCC(C(=O)NCC(C)C)CC2)cc1. The lowest BCUT2D eigenvalue weighted by atomic mass is 9.81. The molecule has 142 valence electrons. The Balaban J connectivity index is 1.81. The molecule has 0 spiro atoms. The summed E-state index contributed by atoms with van der Waals surface area (Å²) in [7, 11) is 1.33. The van der Waals surface area contributed by atoms with Crippen molar-refractivity contribution in [2.75, 3.05) is 19.0 Å². The Bertz CT molecular complexity index is 632. The molecule has 1 aliphatic carbocycles. The molecule has 1 fully saturated rings. The van der Waals surface area contributed by atoms with Gasteiger partial charge >= 0.3 is 5.97 Å². The van der Waals surface area contributed by atoms with Gasteiger partial charge in [0.05, 0.1) is 12.7 Å². The Morgan fingerprint density at radius 3 is 2.04 bits per heavy atom. The molecule has 2 rings (SSSR count). The fraction of sp³-hybridized carbons (Fsp3) is 0.550. The van der Waals surface area contributed by atoms with Gasteiger partial charge in [0, 0.05) is 24.1 Å². The van der Waals surface area contributed by atoms with Crippen molar-refractivity contribution in [1.29, 1.82) is 0 Å². The summed E-state index contributed by atoms with van der Waals surface area (Å²) in [5.74, 6) is 0.0398. The van der Waals surface area contributed by atoms with E-state index in [9.17, 15) is 14.4 Å². The Hall–Kier alpha value is -2.37. The number of benzene rings is 1. The molecule has 26 heavy (non-hydrogen) atoms. The van der Waals surface area contributed by atoms with Gasteiger partial charge in [0.2, 0.25) is 11.8 Å². The van der Waals surface area contributed by atoms with E-state index in [4.69, 9.17) is 0 Å². The van der Waals surface area contributed by atoms with Crippen molar-refractivity contribution in [3.63, 3.8) is 0 Å². The third-order valence-electron chi connectivity index (χ3n) is 4.73. The van der Waals surface area contributed by atoms with Gasteiger partial charge in [-0.25, -0.2) is 4.79 Å². The van der Waals surface area contributed by atoms with Crippen LogP contribution in [0.15, 0.2) is 24.3 Å². The molecule has 1 saturated carbocycles. The molecule has 1 aromatic rings. The van der Waals surface area contributed by atoms with E-state index in [0.717, 1.165) is 12.8 Å². The quantitative estimate of drug-likeness (QED) is 0.764. The van der Waals surface area contributed by atoms with E-state index in [-0.39, 0.29) is 23.7 Å². The van der Waals surface area contributed by atoms with Crippen LogP contribution in [0.2, 0.25) is 0 Å². The first kappa shape index (κ1) is 19.9. The molecule has 0 heterocycles. The number of methoxy groups -OCH3 is 1. The number of nitrogens with one attached hydrogen (secondary N) is 2. The van der Waals surface area contributed by atoms with Crippen LogP contribution in [0.4, 0.5) is 5.69 Å². The topological polar surface area (TPSA) is 84.5 Å². The largest absolute Gasteiger partial charge is 0.465 e. The smallest absolute Gasteiger partial charge is 0.337 e. The number of carbonyl (C=O) groups is 3. The second-order valence-electron chi connectivity index (χ2n) is 7.25. The lowest BCUT2D eigenvalue weighted by molar-refractivity contribution is -0.128. The van der Waals surface area contributed by atoms with Gasteiger partial charge in [0.25, 0.3) is 0 Å². The Morgan fingerprint density at radius 1 is 1.00 bits per heavy atom. The molecule has 0 saturated heterocycles. The van der Waals surface area contributed by atoms with E-state index in [0.29, 0.717) is 36.6 Å². The van der Waals surface area contributed by atoms with Gasteiger partial charge in [-0.05, 0) is 55.9 Å². The fourth-order valence-electron chi connectivity index (χ4n) is 3.12. The first-order valence-electron chi connectivity index (χ1n) is 9.17. The summed E-state index contributed by atoms with van der Waals surface area (Å²) in [6, 6.07) is 6.62. The number of anilines is 1. The van der Waals surface area contributed by atoms with Gasteiger partial charge in [-0.2, -0.15) is 0 Å². The standard InChI is InChI=1S/C20H28N2O4/c1-13(2)12-21-18(23)14-4-6-15(7-5-14)19(24)22-17-10-8-16(9-11-17)20(25)26-3/h8-11,13-15H,4-7,12H2,1-3H3,(H,21,23)(H,22,24). The van der Waals surface area contributed by atoms with E-state index < -0.39 is 5.97 Å². The summed E-state index contributed by atoms with van der Waals surface area (Å²) >= 11 is 0. The highest BCUT2D eigenvalue weighted by Crippen LogP contribution is 2.30. The minimum absolute atomic E-state index is 0.0112. The number of amides is 2. The minimum atomic E-state index is -0.406. The van der Waals surface area contributed by atoms with Crippen LogP contribution in [0.3, 0.4) is 0 Å². The Kier molecular flexibility index (Phi) is 7.18. The normalized spacial score (nSPS) is 19.7. The van der Waals surface area contributed by atoms with Crippen molar-refractivity contribution in [3.8, 4) is 0 Å². The van der Waals surface area contributed by atoms with Crippen LogP contribution in [-0.4, -0.2) is 31.4 Å². The average Bonchev–Trinajstić information content (AvgIpc) is 2.66. The molecule has 6 heteroatoms. The second kappa shape index (κ2) is 9.36.